The zero-order valence-corrected chi connectivity index (χ0v) is 11.6. The average Bonchev–Trinajstić information content (AvgIpc) is 2.36. The molecular weight excluding hydrogens is 244 g/mol. The molecule has 3 heteroatoms. The van der Waals surface area contributed by atoms with Gasteiger partial charge in [0.05, 0.1) is 17.4 Å². The zero-order valence-electron chi connectivity index (χ0n) is 10.9. The lowest BCUT2D eigenvalue weighted by Crippen LogP contribution is -2.51. The lowest BCUT2D eigenvalue weighted by molar-refractivity contribution is 0.0726. The summed E-state index contributed by atoms with van der Waals surface area (Å²) >= 11 is 6.29. The fourth-order valence-electron chi connectivity index (χ4n) is 2.80. The minimum Gasteiger partial charge on any atom is -0.292 e. The Balaban J connectivity index is 2.14. The highest BCUT2D eigenvalue weighted by Crippen LogP contribution is 2.32. The number of nitrogens with zero attached hydrogens (tertiary/aromatic N) is 2. The molecule has 1 heterocycles. The van der Waals surface area contributed by atoms with Gasteiger partial charge < -0.3 is 0 Å². The van der Waals surface area contributed by atoms with Crippen LogP contribution in [-0.2, 0) is 6.54 Å². The zero-order chi connectivity index (χ0) is 13.1. The molecule has 1 fully saturated rings. The summed E-state index contributed by atoms with van der Waals surface area (Å²) in [6, 6.07) is 13.4. The van der Waals surface area contributed by atoms with E-state index in [0.717, 1.165) is 13.0 Å². The lowest BCUT2D eigenvalue weighted by Gasteiger charge is -2.43. The first-order valence-corrected chi connectivity index (χ1v) is 6.90. The van der Waals surface area contributed by atoms with E-state index in [1.165, 1.54) is 5.56 Å². The van der Waals surface area contributed by atoms with Crippen molar-refractivity contribution in [1.29, 1.82) is 5.26 Å². The Morgan fingerprint density at radius 1 is 1.33 bits per heavy atom. The Morgan fingerprint density at radius 2 is 2.00 bits per heavy atom. The van der Waals surface area contributed by atoms with E-state index in [0.29, 0.717) is 6.04 Å². The van der Waals surface area contributed by atoms with Crippen molar-refractivity contribution in [1.82, 2.24) is 4.90 Å². The fourth-order valence-corrected chi connectivity index (χ4v) is 3.33. The summed E-state index contributed by atoms with van der Waals surface area (Å²) in [5.74, 6) is -0.0772. The number of hydrogen-bond donors (Lipinski definition) is 0. The smallest absolute Gasteiger partial charge is 0.0780 e. The van der Waals surface area contributed by atoms with Crippen molar-refractivity contribution in [2.24, 2.45) is 5.92 Å². The largest absolute Gasteiger partial charge is 0.292 e. The van der Waals surface area contributed by atoms with Crippen LogP contribution in [0, 0.1) is 17.2 Å². The molecule has 1 aromatic carbocycles. The molecule has 0 radical (unpaired) electrons. The van der Waals surface area contributed by atoms with Crippen molar-refractivity contribution < 1.29 is 0 Å². The molecule has 1 aliphatic rings. The number of halogens is 1. The molecule has 2 rings (SSSR count). The van der Waals surface area contributed by atoms with Crippen LogP contribution in [0.5, 0.6) is 0 Å². The number of piperidine rings is 1. The number of hydrogen-bond acceptors (Lipinski definition) is 2. The lowest BCUT2D eigenvalue weighted by atomic mass is 9.87. The van der Waals surface area contributed by atoms with E-state index in [1.807, 2.05) is 6.07 Å². The molecule has 0 saturated carbocycles. The minimum absolute atomic E-state index is 0.0213. The number of likely N-dealkylation sites (tertiary alicyclic amines) is 1. The second-order valence-electron chi connectivity index (χ2n) is 5.15. The molecule has 18 heavy (non-hydrogen) atoms. The Kier molecular flexibility index (Phi) is 4.27. The quantitative estimate of drug-likeness (QED) is 0.764. The van der Waals surface area contributed by atoms with Crippen LogP contribution in [0.4, 0.5) is 0 Å². The topological polar surface area (TPSA) is 27.0 Å². The number of benzene rings is 1. The molecule has 0 spiro atoms. The monoisotopic (exact) mass is 262 g/mol. The Labute approximate surface area is 114 Å². The molecule has 0 aromatic heterocycles. The Bertz CT molecular complexity index is 426. The first kappa shape index (κ1) is 13.4. The van der Waals surface area contributed by atoms with Gasteiger partial charge in [0.25, 0.3) is 0 Å². The number of alkyl halides is 1. The Hall–Kier alpha value is -1.04. The molecule has 4 unspecified atom stereocenters. The van der Waals surface area contributed by atoms with Crippen molar-refractivity contribution >= 4 is 11.6 Å². The highest BCUT2D eigenvalue weighted by molar-refractivity contribution is 6.21. The van der Waals surface area contributed by atoms with Gasteiger partial charge in [-0.1, -0.05) is 30.3 Å². The number of nitriles is 1. The van der Waals surface area contributed by atoms with Crippen LogP contribution in [0.25, 0.3) is 0 Å². The molecule has 2 nitrogen and oxygen atoms in total. The first-order chi connectivity index (χ1) is 8.63. The molecule has 4 atom stereocenters. The average molecular weight is 263 g/mol. The third-order valence-corrected chi connectivity index (χ3v) is 4.37. The minimum atomic E-state index is -0.0772. The van der Waals surface area contributed by atoms with E-state index in [9.17, 15) is 5.26 Å². The molecule has 0 aliphatic carbocycles. The fraction of sp³-hybridized carbons (Fsp3) is 0.533. The summed E-state index contributed by atoms with van der Waals surface area (Å²) in [7, 11) is 0. The van der Waals surface area contributed by atoms with Gasteiger partial charge >= 0.3 is 0 Å². The molecule has 0 N–H and O–H groups in total. The molecule has 0 bridgehead atoms. The predicted molar refractivity (Wildman–Crippen MR) is 74.3 cm³/mol. The Morgan fingerprint density at radius 3 is 2.61 bits per heavy atom. The summed E-state index contributed by atoms with van der Waals surface area (Å²) in [5, 5.41) is 9.22. The summed E-state index contributed by atoms with van der Waals surface area (Å²) in [6.45, 7) is 5.20. The van der Waals surface area contributed by atoms with Crippen LogP contribution in [0.2, 0.25) is 0 Å². The molecule has 1 saturated heterocycles. The SMILES string of the molecule is CC1CC(Cl)C(C#N)C(C)N1Cc1ccccc1. The maximum atomic E-state index is 9.24. The van der Waals surface area contributed by atoms with Crippen molar-refractivity contribution in [2.45, 2.75) is 44.3 Å². The molecule has 96 valence electrons. The van der Waals surface area contributed by atoms with E-state index in [1.54, 1.807) is 0 Å². The summed E-state index contributed by atoms with van der Waals surface area (Å²) < 4.78 is 0. The summed E-state index contributed by atoms with van der Waals surface area (Å²) in [6.07, 6.45) is 0.886. The molecule has 1 aliphatic heterocycles. The first-order valence-electron chi connectivity index (χ1n) is 6.47. The van der Waals surface area contributed by atoms with Crippen LogP contribution < -0.4 is 0 Å². The normalized spacial score (nSPS) is 33.0. The van der Waals surface area contributed by atoms with Crippen LogP contribution in [0.1, 0.15) is 25.8 Å². The van der Waals surface area contributed by atoms with Gasteiger partial charge in [-0.3, -0.25) is 4.90 Å². The van der Waals surface area contributed by atoms with Gasteiger partial charge in [0.1, 0.15) is 0 Å². The van der Waals surface area contributed by atoms with Gasteiger partial charge in [-0.2, -0.15) is 5.26 Å². The summed E-state index contributed by atoms with van der Waals surface area (Å²) in [5.41, 5.74) is 1.29. The van der Waals surface area contributed by atoms with Crippen molar-refractivity contribution in [2.75, 3.05) is 0 Å². The van der Waals surface area contributed by atoms with Gasteiger partial charge in [0, 0.05) is 18.6 Å². The van der Waals surface area contributed by atoms with E-state index in [4.69, 9.17) is 11.6 Å². The van der Waals surface area contributed by atoms with E-state index < -0.39 is 0 Å². The van der Waals surface area contributed by atoms with E-state index >= 15 is 0 Å². The molecular formula is C15H19ClN2. The van der Waals surface area contributed by atoms with E-state index in [-0.39, 0.29) is 17.3 Å². The van der Waals surface area contributed by atoms with Gasteiger partial charge in [0.2, 0.25) is 0 Å². The van der Waals surface area contributed by atoms with Crippen LogP contribution in [0.3, 0.4) is 0 Å². The van der Waals surface area contributed by atoms with Crippen molar-refractivity contribution in [3.8, 4) is 6.07 Å². The van der Waals surface area contributed by atoms with Crippen LogP contribution in [0.15, 0.2) is 30.3 Å². The van der Waals surface area contributed by atoms with Crippen molar-refractivity contribution in [3.63, 3.8) is 0 Å². The number of rotatable bonds is 2. The van der Waals surface area contributed by atoms with Crippen LogP contribution in [-0.4, -0.2) is 22.4 Å². The maximum absolute atomic E-state index is 9.24. The predicted octanol–water partition coefficient (Wildman–Crippen LogP) is 3.42. The van der Waals surface area contributed by atoms with E-state index in [2.05, 4.69) is 49.1 Å². The van der Waals surface area contributed by atoms with Crippen LogP contribution >= 0.6 is 11.6 Å². The summed E-state index contributed by atoms with van der Waals surface area (Å²) in [4.78, 5) is 2.39. The second kappa shape index (κ2) is 5.73. The third-order valence-electron chi connectivity index (χ3n) is 3.92. The van der Waals surface area contributed by atoms with Gasteiger partial charge in [-0.05, 0) is 25.8 Å². The maximum Gasteiger partial charge on any atom is 0.0780 e. The van der Waals surface area contributed by atoms with Gasteiger partial charge in [-0.15, -0.1) is 11.6 Å². The highest BCUT2D eigenvalue weighted by Gasteiger charge is 2.38. The molecule has 1 aromatic rings. The van der Waals surface area contributed by atoms with Crippen molar-refractivity contribution in [3.05, 3.63) is 35.9 Å². The van der Waals surface area contributed by atoms with Gasteiger partial charge in [-0.25, -0.2) is 0 Å². The second-order valence-corrected chi connectivity index (χ2v) is 5.71. The standard InChI is InChI=1S/C15H19ClN2/c1-11-8-15(16)14(9-17)12(2)18(11)10-13-6-4-3-5-7-13/h3-7,11-12,14-15H,8,10H2,1-2H3. The molecule has 0 amide bonds. The third kappa shape index (κ3) is 2.68. The van der Waals surface area contributed by atoms with Gasteiger partial charge in [0.15, 0.2) is 0 Å². The highest BCUT2D eigenvalue weighted by atomic mass is 35.5.